The van der Waals surface area contributed by atoms with Crippen molar-refractivity contribution in [3.05, 3.63) is 24.3 Å². The maximum absolute atomic E-state index is 7.53. The second-order valence-corrected chi connectivity index (χ2v) is 7.57. The van der Waals surface area contributed by atoms with E-state index < -0.39 is 0 Å². The number of thiazole rings is 1. The summed E-state index contributed by atoms with van der Waals surface area (Å²) < 4.78 is 2.37. The van der Waals surface area contributed by atoms with E-state index in [2.05, 4.69) is 17.1 Å². The summed E-state index contributed by atoms with van der Waals surface area (Å²) in [6, 6.07) is 8.22. The molecule has 0 unspecified atom stereocenters. The molecule has 0 aliphatic heterocycles. The third kappa shape index (κ3) is 3.70. The maximum Gasteiger partial charge on any atom is 0.151 e. The highest BCUT2D eigenvalue weighted by atomic mass is 32.2. The van der Waals surface area contributed by atoms with Crippen LogP contribution in [0.4, 0.5) is 0 Å². The van der Waals surface area contributed by atoms with Crippen molar-refractivity contribution in [1.29, 1.82) is 5.41 Å². The summed E-state index contributed by atoms with van der Waals surface area (Å²) >= 11 is 3.54. The van der Waals surface area contributed by atoms with Crippen molar-refractivity contribution in [2.45, 2.75) is 31.0 Å². The van der Waals surface area contributed by atoms with E-state index in [1.165, 1.54) is 4.70 Å². The summed E-state index contributed by atoms with van der Waals surface area (Å²) in [6.45, 7) is 4.05. The summed E-state index contributed by atoms with van der Waals surface area (Å²) in [7, 11) is 0. The average molecular weight is 293 g/mol. The minimum atomic E-state index is -0.186. The van der Waals surface area contributed by atoms with Gasteiger partial charge in [-0.2, -0.15) is 0 Å². The van der Waals surface area contributed by atoms with Gasteiger partial charge in [0.05, 0.1) is 16.1 Å². The second kappa shape index (κ2) is 5.92. The van der Waals surface area contributed by atoms with Crippen molar-refractivity contribution >= 4 is 39.2 Å². The SMILES string of the molecule is CC(C)(CCCSc1nc2ccccc2s1)C(=N)N. The lowest BCUT2D eigenvalue weighted by Gasteiger charge is -2.22. The Morgan fingerprint density at radius 2 is 2.16 bits per heavy atom. The monoisotopic (exact) mass is 293 g/mol. The molecule has 1 aromatic heterocycles. The summed E-state index contributed by atoms with van der Waals surface area (Å²) in [5, 5.41) is 7.53. The first-order chi connectivity index (χ1) is 8.99. The van der Waals surface area contributed by atoms with E-state index in [9.17, 15) is 0 Å². The molecule has 0 bridgehead atoms. The first-order valence-corrected chi connectivity index (χ1v) is 8.12. The Kier molecular flexibility index (Phi) is 4.47. The first kappa shape index (κ1) is 14.3. The summed E-state index contributed by atoms with van der Waals surface area (Å²) in [5.41, 5.74) is 6.48. The molecule has 2 aromatic rings. The molecule has 0 fully saturated rings. The van der Waals surface area contributed by atoms with Gasteiger partial charge in [-0.15, -0.1) is 11.3 Å². The lowest BCUT2D eigenvalue weighted by atomic mass is 9.87. The number of thioether (sulfide) groups is 1. The van der Waals surface area contributed by atoms with Crippen LogP contribution in [0.5, 0.6) is 0 Å². The fourth-order valence-electron chi connectivity index (χ4n) is 1.72. The maximum atomic E-state index is 7.53. The molecule has 0 saturated heterocycles. The standard InChI is InChI=1S/C14H19N3S2/c1-14(2,12(15)16)8-5-9-18-13-17-10-6-3-4-7-11(10)19-13/h3-4,6-7H,5,8-9H2,1-2H3,(H3,15,16). The molecule has 2 rings (SSSR count). The molecule has 1 heterocycles. The van der Waals surface area contributed by atoms with Gasteiger partial charge in [0.1, 0.15) is 0 Å². The predicted octanol–water partition coefficient (Wildman–Crippen LogP) is 4.13. The minimum Gasteiger partial charge on any atom is -0.387 e. The number of benzene rings is 1. The molecule has 3 nitrogen and oxygen atoms in total. The Labute approximate surface area is 122 Å². The molecule has 1 aromatic carbocycles. The van der Waals surface area contributed by atoms with Crippen LogP contribution in [0, 0.1) is 10.8 Å². The van der Waals surface area contributed by atoms with Crippen LogP contribution in [0.2, 0.25) is 0 Å². The zero-order valence-electron chi connectivity index (χ0n) is 11.3. The van der Waals surface area contributed by atoms with Gasteiger partial charge in [0.25, 0.3) is 0 Å². The topological polar surface area (TPSA) is 62.8 Å². The van der Waals surface area contributed by atoms with Gasteiger partial charge in [-0.05, 0) is 25.0 Å². The van der Waals surface area contributed by atoms with Crippen LogP contribution in [0.3, 0.4) is 0 Å². The molecular weight excluding hydrogens is 274 g/mol. The lowest BCUT2D eigenvalue weighted by molar-refractivity contribution is 0.464. The minimum absolute atomic E-state index is 0.186. The van der Waals surface area contributed by atoms with Crippen molar-refractivity contribution < 1.29 is 0 Å². The normalized spacial score (nSPS) is 11.9. The molecule has 0 atom stereocenters. The van der Waals surface area contributed by atoms with Crippen molar-refractivity contribution in [1.82, 2.24) is 4.98 Å². The van der Waals surface area contributed by atoms with Crippen molar-refractivity contribution in [3.8, 4) is 0 Å². The molecule has 0 saturated carbocycles. The molecular formula is C14H19N3S2. The van der Waals surface area contributed by atoms with Gasteiger partial charge >= 0.3 is 0 Å². The van der Waals surface area contributed by atoms with Crippen molar-refractivity contribution in [3.63, 3.8) is 0 Å². The molecule has 0 amide bonds. The molecule has 19 heavy (non-hydrogen) atoms. The van der Waals surface area contributed by atoms with E-state index in [0.29, 0.717) is 0 Å². The Morgan fingerprint density at radius 1 is 1.42 bits per heavy atom. The molecule has 0 radical (unpaired) electrons. The molecule has 3 N–H and O–H groups in total. The summed E-state index contributed by atoms with van der Waals surface area (Å²) in [4.78, 5) is 4.60. The number of hydrogen-bond acceptors (Lipinski definition) is 4. The first-order valence-electron chi connectivity index (χ1n) is 6.32. The van der Waals surface area contributed by atoms with Gasteiger partial charge in [-0.3, -0.25) is 5.41 Å². The number of rotatable bonds is 6. The van der Waals surface area contributed by atoms with Gasteiger partial charge in [0, 0.05) is 11.2 Å². The Morgan fingerprint density at radius 3 is 2.84 bits per heavy atom. The molecule has 5 heteroatoms. The number of aromatic nitrogens is 1. The van der Waals surface area contributed by atoms with Crippen LogP contribution >= 0.6 is 23.1 Å². The van der Waals surface area contributed by atoms with E-state index >= 15 is 0 Å². The van der Waals surface area contributed by atoms with Crippen LogP contribution in [0.25, 0.3) is 10.2 Å². The fourth-order valence-corrected chi connectivity index (χ4v) is 3.80. The van der Waals surface area contributed by atoms with Crippen LogP contribution in [0.15, 0.2) is 28.6 Å². The van der Waals surface area contributed by atoms with Crippen LogP contribution in [0.1, 0.15) is 26.7 Å². The van der Waals surface area contributed by atoms with Gasteiger partial charge in [0.15, 0.2) is 4.34 Å². The van der Waals surface area contributed by atoms with Gasteiger partial charge in [-0.25, -0.2) is 4.98 Å². The summed E-state index contributed by atoms with van der Waals surface area (Å²) in [6.07, 6.45) is 1.99. The number of fused-ring (bicyclic) bond motifs is 1. The second-order valence-electron chi connectivity index (χ2n) is 5.20. The van der Waals surface area contributed by atoms with Gasteiger partial charge < -0.3 is 5.73 Å². The van der Waals surface area contributed by atoms with E-state index in [1.807, 2.05) is 26.0 Å². The van der Waals surface area contributed by atoms with Crippen LogP contribution in [-0.2, 0) is 0 Å². The van der Waals surface area contributed by atoms with Crippen LogP contribution in [-0.4, -0.2) is 16.6 Å². The molecule has 0 spiro atoms. The Hall–Kier alpha value is -1.07. The van der Waals surface area contributed by atoms with Crippen LogP contribution < -0.4 is 5.73 Å². The van der Waals surface area contributed by atoms with E-state index in [0.717, 1.165) is 28.5 Å². The smallest absolute Gasteiger partial charge is 0.151 e. The number of nitrogens with two attached hydrogens (primary N) is 1. The van der Waals surface area contributed by atoms with E-state index in [1.54, 1.807) is 23.1 Å². The van der Waals surface area contributed by atoms with E-state index in [4.69, 9.17) is 11.1 Å². The molecule has 102 valence electrons. The largest absolute Gasteiger partial charge is 0.387 e. The number of nitrogens with one attached hydrogen (secondary N) is 1. The number of nitrogens with zero attached hydrogens (tertiary/aromatic N) is 1. The highest BCUT2D eigenvalue weighted by molar-refractivity contribution is 8.01. The third-order valence-corrected chi connectivity index (χ3v) is 5.44. The van der Waals surface area contributed by atoms with Crippen molar-refractivity contribution in [2.75, 3.05) is 5.75 Å². The fraction of sp³-hybridized carbons (Fsp3) is 0.429. The zero-order valence-corrected chi connectivity index (χ0v) is 12.9. The molecule has 0 aliphatic rings. The summed E-state index contributed by atoms with van der Waals surface area (Å²) in [5.74, 6) is 1.30. The van der Waals surface area contributed by atoms with E-state index in [-0.39, 0.29) is 11.3 Å². The number of amidine groups is 1. The third-order valence-electron chi connectivity index (χ3n) is 3.18. The van der Waals surface area contributed by atoms with Crippen molar-refractivity contribution in [2.24, 2.45) is 11.1 Å². The Bertz CT molecular complexity index is 542. The zero-order chi connectivity index (χ0) is 13.9. The lowest BCUT2D eigenvalue weighted by Crippen LogP contribution is -2.30. The number of hydrogen-bond donors (Lipinski definition) is 2. The molecule has 0 aliphatic carbocycles. The Balaban J connectivity index is 1.84. The van der Waals surface area contributed by atoms with Gasteiger partial charge in [0.2, 0.25) is 0 Å². The van der Waals surface area contributed by atoms with Gasteiger partial charge in [-0.1, -0.05) is 37.7 Å². The highest BCUT2D eigenvalue weighted by Crippen LogP contribution is 2.31. The highest BCUT2D eigenvalue weighted by Gasteiger charge is 2.20. The number of para-hydroxylation sites is 1. The quantitative estimate of drug-likeness (QED) is 0.364. The predicted molar refractivity (Wildman–Crippen MR) is 85.3 cm³/mol. The average Bonchev–Trinajstić information content (AvgIpc) is 2.77.